The highest BCUT2D eigenvalue weighted by Crippen LogP contribution is 2.23. The molecule has 142 valence electrons. The number of carbonyl (C=O) groups excluding carboxylic acids is 1. The van der Waals surface area contributed by atoms with Crippen molar-refractivity contribution in [1.29, 1.82) is 15.8 Å². The molecule has 1 aromatic carbocycles. The van der Waals surface area contributed by atoms with Gasteiger partial charge >= 0.3 is 0 Å². The molecule has 8 nitrogen and oxygen atoms in total. The summed E-state index contributed by atoms with van der Waals surface area (Å²) < 4.78 is 26.6. The molecule has 1 aromatic heterocycles. The number of benzene rings is 1. The number of anilines is 1. The number of carbonyl (C=O) groups is 1. The maximum Gasteiger partial charge on any atom is 0.256 e. The van der Waals surface area contributed by atoms with Crippen molar-refractivity contribution in [3.63, 3.8) is 0 Å². The first-order valence-corrected chi connectivity index (χ1v) is 10.4. The highest BCUT2D eigenvalue weighted by Gasteiger charge is 2.24. The Bertz CT molecular complexity index is 1050. The van der Waals surface area contributed by atoms with Crippen molar-refractivity contribution < 1.29 is 13.2 Å². The summed E-state index contributed by atoms with van der Waals surface area (Å²) in [7, 11) is -3.89. The van der Waals surface area contributed by atoms with E-state index in [9.17, 15) is 13.2 Å². The Morgan fingerprint density at radius 2 is 1.64 bits per heavy atom. The number of hydrogen-bond acceptors (Lipinski definition) is 7. The third-order valence-electron chi connectivity index (χ3n) is 3.71. The molecular weight excluding hydrogens is 398 g/mol. The van der Waals surface area contributed by atoms with Gasteiger partial charge in [-0.1, -0.05) is 0 Å². The Kier molecular flexibility index (Phi) is 7.25. The van der Waals surface area contributed by atoms with Crippen LogP contribution in [-0.2, 0) is 10.0 Å². The number of nitriles is 3. The molecule has 28 heavy (non-hydrogen) atoms. The molecule has 2 aromatic rings. The molecule has 1 N–H and O–H groups in total. The molecule has 0 radical (unpaired) electrons. The lowest BCUT2D eigenvalue weighted by Gasteiger charge is -2.20. The number of nitrogens with zero attached hydrogens (tertiary/aromatic N) is 4. The Morgan fingerprint density at radius 3 is 2.18 bits per heavy atom. The minimum Gasteiger partial charge on any atom is -0.312 e. The van der Waals surface area contributed by atoms with E-state index in [2.05, 4.69) is 5.32 Å². The molecule has 0 atom stereocenters. The maximum absolute atomic E-state index is 12.7. The molecule has 1 heterocycles. The summed E-state index contributed by atoms with van der Waals surface area (Å²) in [6, 6.07) is 12.7. The largest absolute Gasteiger partial charge is 0.312 e. The lowest BCUT2D eigenvalue weighted by Crippen LogP contribution is -2.32. The van der Waals surface area contributed by atoms with E-state index in [4.69, 9.17) is 15.8 Å². The third kappa shape index (κ3) is 4.93. The van der Waals surface area contributed by atoms with Gasteiger partial charge in [-0.3, -0.25) is 4.79 Å². The monoisotopic (exact) mass is 413 g/mol. The minimum absolute atomic E-state index is 0.00713. The van der Waals surface area contributed by atoms with Crippen molar-refractivity contribution in [3.8, 4) is 18.2 Å². The van der Waals surface area contributed by atoms with E-state index in [0.717, 1.165) is 4.31 Å². The molecule has 10 heteroatoms. The van der Waals surface area contributed by atoms with Crippen LogP contribution in [0.5, 0.6) is 0 Å². The Labute approximate surface area is 166 Å². The van der Waals surface area contributed by atoms with E-state index in [-0.39, 0.29) is 36.4 Å². The van der Waals surface area contributed by atoms with Gasteiger partial charge < -0.3 is 5.32 Å². The van der Waals surface area contributed by atoms with Crippen LogP contribution in [0.3, 0.4) is 0 Å². The maximum atomic E-state index is 12.7. The van der Waals surface area contributed by atoms with Crippen LogP contribution in [0.15, 0.2) is 40.6 Å². The van der Waals surface area contributed by atoms with E-state index < -0.39 is 15.9 Å². The number of sulfonamides is 1. The molecule has 0 saturated heterocycles. The average molecular weight is 413 g/mol. The first-order valence-electron chi connectivity index (χ1n) is 8.07. The zero-order chi connectivity index (χ0) is 20.6. The van der Waals surface area contributed by atoms with Gasteiger partial charge in [0.25, 0.3) is 5.91 Å². The fourth-order valence-electron chi connectivity index (χ4n) is 2.30. The first-order chi connectivity index (χ1) is 13.4. The SMILES string of the molecule is N#CCCN(CCC#N)S(=O)(=O)c1ccc(C(=O)Nc2sccc2C#N)cc1. The molecule has 0 saturated carbocycles. The fourth-order valence-corrected chi connectivity index (χ4v) is 4.47. The second kappa shape index (κ2) is 9.63. The molecule has 0 aliphatic heterocycles. The van der Waals surface area contributed by atoms with Crippen LogP contribution in [0.2, 0.25) is 0 Å². The summed E-state index contributed by atoms with van der Waals surface area (Å²) in [5.41, 5.74) is 0.583. The van der Waals surface area contributed by atoms with E-state index >= 15 is 0 Å². The van der Waals surface area contributed by atoms with Gasteiger partial charge in [-0.05, 0) is 35.7 Å². The quantitative estimate of drug-likeness (QED) is 0.706. The smallest absolute Gasteiger partial charge is 0.256 e. The first kappa shape index (κ1) is 21.1. The molecule has 0 aliphatic carbocycles. The van der Waals surface area contributed by atoms with E-state index in [1.54, 1.807) is 11.4 Å². The van der Waals surface area contributed by atoms with Crippen LogP contribution in [0.1, 0.15) is 28.8 Å². The van der Waals surface area contributed by atoms with Crippen LogP contribution < -0.4 is 5.32 Å². The van der Waals surface area contributed by atoms with E-state index in [1.807, 2.05) is 18.2 Å². The van der Waals surface area contributed by atoms with Crippen molar-refractivity contribution in [2.75, 3.05) is 18.4 Å². The molecule has 0 aliphatic rings. The predicted molar refractivity (Wildman–Crippen MR) is 103 cm³/mol. The lowest BCUT2D eigenvalue weighted by atomic mass is 10.2. The summed E-state index contributed by atoms with van der Waals surface area (Å²) in [4.78, 5) is 12.3. The number of nitrogens with one attached hydrogen (secondary N) is 1. The summed E-state index contributed by atoms with van der Waals surface area (Å²) in [6.07, 6.45) is 0.0143. The van der Waals surface area contributed by atoms with Crippen LogP contribution in [-0.4, -0.2) is 31.7 Å². The minimum atomic E-state index is -3.89. The highest BCUT2D eigenvalue weighted by molar-refractivity contribution is 7.89. The van der Waals surface area contributed by atoms with Crippen molar-refractivity contribution >= 4 is 32.3 Å². The Hall–Kier alpha value is -3.23. The fraction of sp³-hybridized carbons (Fsp3) is 0.222. The zero-order valence-corrected chi connectivity index (χ0v) is 16.3. The average Bonchev–Trinajstić information content (AvgIpc) is 3.15. The summed E-state index contributed by atoms with van der Waals surface area (Å²) in [6.45, 7) is -0.0316. The molecule has 0 fully saturated rings. The van der Waals surface area contributed by atoms with Gasteiger partial charge in [0.15, 0.2) is 0 Å². The van der Waals surface area contributed by atoms with Gasteiger partial charge in [-0.2, -0.15) is 20.1 Å². The number of amides is 1. The predicted octanol–water partition coefficient (Wildman–Crippen LogP) is 2.69. The van der Waals surface area contributed by atoms with E-state index in [1.165, 1.54) is 35.6 Å². The molecule has 1 amide bonds. The van der Waals surface area contributed by atoms with Crippen LogP contribution in [0, 0.1) is 34.0 Å². The van der Waals surface area contributed by atoms with Crippen LogP contribution in [0.4, 0.5) is 5.00 Å². The molecule has 0 unspecified atom stereocenters. The Balaban J connectivity index is 2.19. The Morgan fingerprint density at radius 1 is 1.04 bits per heavy atom. The number of thiophene rings is 1. The zero-order valence-electron chi connectivity index (χ0n) is 14.6. The molecule has 2 rings (SSSR count). The molecule has 0 spiro atoms. The normalized spacial score (nSPS) is 10.6. The number of rotatable bonds is 8. The van der Waals surface area contributed by atoms with Crippen molar-refractivity contribution in [3.05, 3.63) is 46.8 Å². The van der Waals surface area contributed by atoms with Gasteiger partial charge in [0.05, 0.1) is 22.6 Å². The molecular formula is C18H15N5O3S2. The van der Waals surface area contributed by atoms with Crippen LogP contribution in [0.25, 0.3) is 0 Å². The topological polar surface area (TPSA) is 138 Å². The lowest BCUT2D eigenvalue weighted by molar-refractivity contribution is 0.102. The van der Waals surface area contributed by atoms with Gasteiger partial charge in [0, 0.05) is 31.5 Å². The summed E-state index contributed by atoms with van der Waals surface area (Å²) >= 11 is 1.21. The van der Waals surface area contributed by atoms with E-state index in [0.29, 0.717) is 10.6 Å². The van der Waals surface area contributed by atoms with Crippen molar-refractivity contribution in [1.82, 2.24) is 4.31 Å². The van der Waals surface area contributed by atoms with Gasteiger partial charge in [0.2, 0.25) is 10.0 Å². The number of hydrogen-bond donors (Lipinski definition) is 1. The van der Waals surface area contributed by atoms with Gasteiger partial charge in [-0.15, -0.1) is 11.3 Å². The van der Waals surface area contributed by atoms with Gasteiger partial charge in [0.1, 0.15) is 11.1 Å². The summed E-state index contributed by atoms with van der Waals surface area (Å²) in [5.74, 6) is -0.464. The highest BCUT2D eigenvalue weighted by atomic mass is 32.2. The third-order valence-corrected chi connectivity index (χ3v) is 6.46. The van der Waals surface area contributed by atoms with Crippen molar-refractivity contribution in [2.24, 2.45) is 0 Å². The second-order valence-electron chi connectivity index (χ2n) is 5.47. The van der Waals surface area contributed by atoms with Crippen LogP contribution >= 0.6 is 11.3 Å². The standard InChI is InChI=1S/C18H15N5O3S2/c19-8-1-10-23(11-2-9-20)28(25,26)16-5-3-14(4-6-16)17(24)22-18-15(13-21)7-12-27-18/h3-7,12H,1-2,10-11H2,(H,22,24). The van der Waals surface area contributed by atoms with Gasteiger partial charge in [-0.25, -0.2) is 8.42 Å². The van der Waals surface area contributed by atoms with Crippen molar-refractivity contribution in [2.45, 2.75) is 17.7 Å². The second-order valence-corrected chi connectivity index (χ2v) is 8.33. The molecule has 0 bridgehead atoms. The summed E-state index contributed by atoms with van der Waals surface area (Å²) in [5, 5.41) is 31.1.